The summed E-state index contributed by atoms with van der Waals surface area (Å²) in [6.45, 7) is 4.98. The number of amides is 1. The molecular formula is C14H22Cl2N4O. The van der Waals surface area contributed by atoms with Crippen LogP contribution in [0.2, 0.25) is 5.02 Å². The summed E-state index contributed by atoms with van der Waals surface area (Å²) in [6, 6.07) is 3.38. The number of carbonyl (C=O) groups is 1. The van der Waals surface area contributed by atoms with Gasteiger partial charge in [0, 0.05) is 32.4 Å². The maximum absolute atomic E-state index is 12.1. The molecule has 0 spiro atoms. The van der Waals surface area contributed by atoms with E-state index in [4.69, 9.17) is 17.3 Å². The molecule has 118 valence electrons. The molecule has 1 unspecified atom stereocenters. The van der Waals surface area contributed by atoms with E-state index in [0.717, 1.165) is 31.7 Å². The van der Waals surface area contributed by atoms with Gasteiger partial charge in [0.1, 0.15) is 5.82 Å². The molecule has 0 aromatic carbocycles. The first kappa shape index (κ1) is 18.0. The Labute approximate surface area is 136 Å². The van der Waals surface area contributed by atoms with E-state index in [-0.39, 0.29) is 24.4 Å². The van der Waals surface area contributed by atoms with E-state index < -0.39 is 0 Å². The van der Waals surface area contributed by atoms with Crippen molar-refractivity contribution < 1.29 is 4.79 Å². The van der Waals surface area contributed by atoms with Crippen LogP contribution in [-0.2, 0) is 4.79 Å². The van der Waals surface area contributed by atoms with Gasteiger partial charge in [-0.2, -0.15) is 0 Å². The van der Waals surface area contributed by atoms with Gasteiger partial charge in [-0.3, -0.25) is 4.79 Å². The minimum absolute atomic E-state index is 0. The van der Waals surface area contributed by atoms with Crippen LogP contribution in [0.3, 0.4) is 0 Å². The van der Waals surface area contributed by atoms with Crippen LogP contribution in [0.5, 0.6) is 0 Å². The quantitative estimate of drug-likeness (QED) is 0.915. The number of nitrogens with zero attached hydrogens (tertiary/aromatic N) is 3. The average molecular weight is 333 g/mol. The van der Waals surface area contributed by atoms with Crippen molar-refractivity contribution in [1.29, 1.82) is 0 Å². The number of pyridine rings is 1. The number of hydrogen-bond acceptors (Lipinski definition) is 4. The number of piperazine rings is 1. The van der Waals surface area contributed by atoms with Crippen LogP contribution >= 0.6 is 24.0 Å². The third-order valence-corrected chi connectivity index (χ3v) is 3.77. The van der Waals surface area contributed by atoms with Crippen LogP contribution in [0.25, 0.3) is 0 Å². The van der Waals surface area contributed by atoms with Gasteiger partial charge in [0.25, 0.3) is 0 Å². The van der Waals surface area contributed by atoms with Crippen molar-refractivity contribution in [1.82, 2.24) is 9.88 Å². The van der Waals surface area contributed by atoms with Gasteiger partial charge < -0.3 is 15.5 Å². The lowest BCUT2D eigenvalue weighted by Crippen LogP contribution is -2.53. The highest BCUT2D eigenvalue weighted by molar-refractivity contribution is 6.30. The van der Waals surface area contributed by atoms with Gasteiger partial charge in [0.05, 0.1) is 11.1 Å². The van der Waals surface area contributed by atoms with Crippen LogP contribution in [-0.4, -0.2) is 48.0 Å². The molecule has 0 bridgehead atoms. The van der Waals surface area contributed by atoms with Gasteiger partial charge >= 0.3 is 0 Å². The lowest BCUT2D eigenvalue weighted by molar-refractivity contribution is -0.133. The van der Waals surface area contributed by atoms with E-state index in [1.165, 1.54) is 0 Å². The van der Waals surface area contributed by atoms with Crippen molar-refractivity contribution in [3.05, 3.63) is 23.4 Å². The molecule has 2 heterocycles. The Bertz CT molecular complexity index is 447. The number of nitrogens with two attached hydrogens (primary N) is 1. The molecule has 1 atom stereocenters. The monoisotopic (exact) mass is 332 g/mol. The van der Waals surface area contributed by atoms with Crippen LogP contribution in [0.4, 0.5) is 5.82 Å². The maximum Gasteiger partial charge on any atom is 0.239 e. The van der Waals surface area contributed by atoms with E-state index in [9.17, 15) is 4.79 Å². The molecule has 2 N–H and O–H groups in total. The molecular weight excluding hydrogens is 311 g/mol. The Kier molecular flexibility index (Phi) is 7.22. The zero-order chi connectivity index (χ0) is 14.5. The van der Waals surface area contributed by atoms with Crippen molar-refractivity contribution in [2.75, 3.05) is 31.1 Å². The number of rotatable bonds is 4. The molecule has 0 aliphatic carbocycles. The highest BCUT2D eigenvalue weighted by atomic mass is 35.5. The SMILES string of the molecule is CCCC(N)C(=O)N1CCN(c2ccc(Cl)cn2)CC1.Cl. The Morgan fingerprint density at radius 3 is 2.57 bits per heavy atom. The van der Waals surface area contributed by atoms with Crippen molar-refractivity contribution in [2.45, 2.75) is 25.8 Å². The second kappa shape index (κ2) is 8.41. The summed E-state index contributed by atoms with van der Waals surface area (Å²) in [4.78, 5) is 20.4. The average Bonchev–Trinajstić information content (AvgIpc) is 2.48. The van der Waals surface area contributed by atoms with E-state index >= 15 is 0 Å². The van der Waals surface area contributed by atoms with Crippen molar-refractivity contribution >= 4 is 35.7 Å². The van der Waals surface area contributed by atoms with Crippen LogP contribution in [0.1, 0.15) is 19.8 Å². The second-order valence-electron chi connectivity index (χ2n) is 5.04. The van der Waals surface area contributed by atoms with Gasteiger partial charge in [-0.1, -0.05) is 24.9 Å². The van der Waals surface area contributed by atoms with Crippen LogP contribution in [0, 0.1) is 0 Å². The number of halogens is 2. The molecule has 0 saturated carbocycles. The van der Waals surface area contributed by atoms with Crippen molar-refractivity contribution in [3.8, 4) is 0 Å². The predicted octanol–water partition coefficient (Wildman–Crippen LogP) is 1.93. The molecule has 1 saturated heterocycles. The molecule has 5 nitrogen and oxygen atoms in total. The maximum atomic E-state index is 12.1. The molecule has 1 aromatic heterocycles. The van der Waals surface area contributed by atoms with E-state index in [0.29, 0.717) is 18.1 Å². The molecule has 1 aliphatic rings. The molecule has 1 amide bonds. The minimum Gasteiger partial charge on any atom is -0.353 e. The van der Waals surface area contributed by atoms with Crippen LogP contribution in [0.15, 0.2) is 18.3 Å². The smallest absolute Gasteiger partial charge is 0.239 e. The number of carbonyl (C=O) groups excluding carboxylic acids is 1. The molecule has 1 aromatic rings. The standard InChI is InChI=1S/C14H21ClN4O.ClH/c1-2-3-12(16)14(20)19-8-6-18(7-9-19)13-5-4-11(15)10-17-13;/h4-5,10,12H,2-3,6-9,16H2,1H3;1H. The Balaban J connectivity index is 0.00000220. The van der Waals surface area contributed by atoms with Gasteiger partial charge in [-0.25, -0.2) is 4.98 Å². The number of hydrogen-bond donors (Lipinski definition) is 1. The fourth-order valence-corrected chi connectivity index (χ4v) is 2.49. The molecule has 1 fully saturated rings. The van der Waals surface area contributed by atoms with Crippen molar-refractivity contribution in [3.63, 3.8) is 0 Å². The summed E-state index contributed by atoms with van der Waals surface area (Å²) >= 11 is 5.83. The molecule has 0 radical (unpaired) electrons. The first-order valence-corrected chi connectivity index (χ1v) is 7.40. The predicted molar refractivity (Wildman–Crippen MR) is 88.2 cm³/mol. The van der Waals surface area contributed by atoms with Crippen molar-refractivity contribution in [2.24, 2.45) is 5.73 Å². The normalized spacial score (nSPS) is 16.3. The second-order valence-corrected chi connectivity index (χ2v) is 5.48. The summed E-state index contributed by atoms with van der Waals surface area (Å²) in [5, 5.41) is 0.633. The van der Waals surface area contributed by atoms with Gasteiger partial charge in [0.15, 0.2) is 0 Å². The number of anilines is 1. The third kappa shape index (κ3) is 4.73. The fourth-order valence-electron chi connectivity index (χ4n) is 2.38. The third-order valence-electron chi connectivity index (χ3n) is 3.54. The summed E-state index contributed by atoms with van der Waals surface area (Å²) in [5.74, 6) is 0.968. The van der Waals surface area contributed by atoms with E-state index in [1.54, 1.807) is 6.20 Å². The first-order chi connectivity index (χ1) is 9.61. The molecule has 7 heteroatoms. The summed E-state index contributed by atoms with van der Waals surface area (Å²) < 4.78 is 0. The minimum atomic E-state index is -0.361. The van der Waals surface area contributed by atoms with Gasteiger partial charge in [0.2, 0.25) is 5.91 Å². The van der Waals surface area contributed by atoms with E-state index in [2.05, 4.69) is 9.88 Å². The summed E-state index contributed by atoms with van der Waals surface area (Å²) in [7, 11) is 0. The zero-order valence-corrected chi connectivity index (χ0v) is 13.7. The van der Waals surface area contributed by atoms with Gasteiger partial charge in [-0.05, 0) is 18.6 Å². The highest BCUT2D eigenvalue weighted by Gasteiger charge is 2.25. The van der Waals surface area contributed by atoms with Crippen LogP contribution < -0.4 is 10.6 Å². The van der Waals surface area contributed by atoms with Gasteiger partial charge in [-0.15, -0.1) is 12.4 Å². The fraction of sp³-hybridized carbons (Fsp3) is 0.571. The summed E-state index contributed by atoms with van der Waals surface area (Å²) in [6.07, 6.45) is 3.32. The first-order valence-electron chi connectivity index (χ1n) is 7.02. The zero-order valence-electron chi connectivity index (χ0n) is 12.2. The Morgan fingerprint density at radius 1 is 1.38 bits per heavy atom. The lowest BCUT2D eigenvalue weighted by atomic mass is 10.1. The topological polar surface area (TPSA) is 62.5 Å². The Hall–Kier alpha value is -1.04. The molecule has 1 aliphatic heterocycles. The highest BCUT2D eigenvalue weighted by Crippen LogP contribution is 2.16. The Morgan fingerprint density at radius 2 is 2.05 bits per heavy atom. The molecule has 2 rings (SSSR count). The van der Waals surface area contributed by atoms with E-state index in [1.807, 2.05) is 24.0 Å². The number of aromatic nitrogens is 1. The molecule has 21 heavy (non-hydrogen) atoms. The summed E-state index contributed by atoms with van der Waals surface area (Å²) in [5.41, 5.74) is 5.89. The lowest BCUT2D eigenvalue weighted by Gasteiger charge is -2.36. The largest absolute Gasteiger partial charge is 0.353 e.